The Labute approximate surface area is 123 Å². The molecule has 102 valence electrons. The molecule has 0 atom stereocenters. The van der Waals surface area contributed by atoms with Crippen LogP contribution in [0.4, 0.5) is 0 Å². The van der Waals surface area contributed by atoms with Crippen LogP contribution in [0.2, 0.25) is 0 Å². The van der Waals surface area contributed by atoms with E-state index in [0.717, 1.165) is 0 Å². The van der Waals surface area contributed by atoms with Gasteiger partial charge in [-0.2, -0.15) is 0 Å². The third-order valence-corrected chi connectivity index (χ3v) is 3.89. The summed E-state index contributed by atoms with van der Waals surface area (Å²) in [5.74, 6) is 0. The van der Waals surface area contributed by atoms with E-state index in [-0.39, 0.29) is 0 Å². The highest BCUT2D eigenvalue weighted by Gasteiger charge is 2.10. The van der Waals surface area contributed by atoms with Crippen LogP contribution < -0.4 is 0 Å². The van der Waals surface area contributed by atoms with E-state index in [4.69, 9.17) is 0 Å². The van der Waals surface area contributed by atoms with E-state index in [0.29, 0.717) is 0 Å². The smallest absolute Gasteiger partial charge is 0.129 e. The molecule has 0 saturated heterocycles. The van der Waals surface area contributed by atoms with Crippen LogP contribution in [0.3, 0.4) is 0 Å². The maximum atomic E-state index is 2.23. The van der Waals surface area contributed by atoms with Crippen LogP contribution in [0.1, 0.15) is 5.56 Å². The van der Waals surface area contributed by atoms with Gasteiger partial charge in [0.1, 0.15) is 5.65 Å². The highest BCUT2D eigenvalue weighted by atomic mass is 15.1. The molecule has 0 amide bonds. The number of imidazole rings is 1. The van der Waals surface area contributed by atoms with Crippen LogP contribution in [-0.4, -0.2) is 8.97 Å². The summed E-state index contributed by atoms with van der Waals surface area (Å²) >= 11 is 0. The Morgan fingerprint density at radius 1 is 0.714 bits per heavy atom. The molecule has 4 rings (SSSR count). The Morgan fingerprint density at radius 3 is 2.24 bits per heavy atom. The number of fused-ring (bicyclic) bond motifs is 1. The van der Waals surface area contributed by atoms with Crippen LogP contribution in [-0.2, 0) is 0 Å². The quantitative estimate of drug-likeness (QED) is 0.500. The van der Waals surface area contributed by atoms with Gasteiger partial charge in [0.2, 0.25) is 0 Å². The van der Waals surface area contributed by atoms with Crippen molar-refractivity contribution < 1.29 is 0 Å². The molecular formula is C19H16N2. The summed E-state index contributed by atoms with van der Waals surface area (Å²) in [6, 6.07) is 21.3. The summed E-state index contributed by atoms with van der Waals surface area (Å²) in [7, 11) is 0. The van der Waals surface area contributed by atoms with Gasteiger partial charge in [-0.15, -0.1) is 0 Å². The predicted molar refractivity (Wildman–Crippen MR) is 86.9 cm³/mol. The molecule has 2 heteroatoms. The third-order valence-electron chi connectivity index (χ3n) is 3.89. The zero-order valence-corrected chi connectivity index (χ0v) is 11.9. The number of hydrogen-bond acceptors (Lipinski definition) is 0. The van der Waals surface area contributed by atoms with E-state index in [2.05, 4.69) is 89.1 Å². The van der Waals surface area contributed by atoms with Gasteiger partial charge in [0.15, 0.2) is 0 Å². The Morgan fingerprint density at radius 2 is 1.48 bits per heavy atom. The minimum absolute atomic E-state index is 1.18. The molecule has 0 unspecified atom stereocenters. The van der Waals surface area contributed by atoms with Crippen LogP contribution in [0.15, 0.2) is 79.3 Å². The summed E-state index contributed by atoms with van der Waals surface area (Å²) in [6.45, 7) is 2.12. The predicted octanol–water partition coefficient (Wildman–Crippen LogP) is 4.71. The van der Waals surface area contributed by atoms with Crippen molar-refractivity contribution in [3.63, 3.8) is 0 Å². The molecule has 4 aromatic rings. The highest BCUT2D eigenvalue weighted by molar-refractivity contribution is 5.80. The molecule has 0 radical (unpaired) electrons. The lowest BCUT2D eigenvalue weighted by molar-refractivity contribution is 1.11. The molecule has 0 aliphatic rings. The Balaban J connectivity index is 1.95. The van der Waals surface area contributed by atoms with Gasteiger partial charge < -0.3 is 8.97 Å². The number of benzene rings is 2. The zero-order valence-electron chi connectivity index (χ0n) is 11.9. The van der Waals surface area contributed by atoms with Gasteiger partial charge in [-0.1, -0.05) is 48.0 Å². The van der Waals surface area contributed by atoms with Crippen LogP contribution >= 0.6 is 0 Å². The van der Waals surface area contributed by atoms with E-state index in [9.17, 15) is 0 Å². The summed E-state index contributed by atoms with van der Waals surface area (Å²) in [5, 5.41) is 0. The summed E-state index contributed by atoms with van der Waals surface area (Å²) in [4.78, 5) is 0. The molecule has 0 fully saturated rings. The molecular weight excluding hydrogens is 256 g/mol. The molecule has 0 aliphatic heterocycles. The molecule has 2 aromatic carbocycles. The molecule has 2 aromatic heterocycles. The first kappa shape index (κ1) is 12.0. The zero-order chi connectivity index (χ0) is 14.2. The van der Waals surface area contributed by atoms with Crippen LogP contribution in [0, 0.1) is 6.92 Å². The van der Waals surface area contributed by atoms with Crippen molar-refractivity contribution in [2.75, 3.05) is 0 Å². The number of aryl methyl sites for hydroxylation is 1. The van der Waals surface area contributed by atoms with E-state index in [1.165, 1.54) is 28.0 Å². The second-order valence-electron chi connectivity index (χ2n) is 5.33. The van der Waals surface area contributed by atoms with Gasteiger partial charge in [-0.25, -0.2) is 0 Å². The Kier molecular flexibility index (Phi) is 2.68. The first-order valence-electron chi connectivity index (χ1n) is 7.13. The van der Waals surface area contributed by atoms with Crippen molar-refractivity contribution in [1.82, 2.24) is 8.97 Å². The normalized spacial score (nSPS) is 11.1. The average molecular weight is 272 g/mol. The number of rotatable bonds is 2. The van der Waals surface area contributed by atoms with Gasteiger partial charge in [-0.3, -0.25) is 0 Å². The lowest BCUT2D eigenvalue weighted by Crippen LogP contribution is -1.93. The molecule has 0 aliphatic carbocycles. The average Bonchev–Trinajstić information content (AvgIpc) is 3.11. The van der Waals surface area contributed by atoms with Gasteiger partial charge in [-0.05, 0) is 30.7 Å². The topological polar surface area (TPSA) is 9.34 Å². The minimum atomic E-state index is 1.18. The molecule has 0 saturated carbocycles. The van der Waals surface area contributed by atoms with Crippen molar-refractivity contribution in [2.45, 2.75) is 6.92 Å². The van der Waals surface area contributed by atoms with Gasteiger partial charge in [0, 0.05) is 29.8 Å². The number of hydrogen-bond donors (Lipinski definition) is 0. The van der Waals surface area contributed by atoms with Crippen molar-refractivity contribution >= 4 is 5.65 Å². The fourth-order valence-corrected chi connectivity index (χ4v) is 2.78. The molecule has 0 N–H and O–H groups in total. The van der Waals surface area contributed by atoms with Crippen LogP contribution in [0.5, 0.6) is 0 Å². The van der Waals surface area contributed by atoms with E-state index < -0.39 is 0 Å². The van der Waals surface area contributed by atoms with Gasteiger partial charge in [0.05, 0.1) is 0 Å². The number of para-hydroxylation sites is 1. The Bertz CT molecular complexity index is 880. The van der Waals surface area contributed by atoms with Crippen molar-refractivity contribution in [3.05, 3.63) is 84.8 Å². The lowest BCUT2D eigenvalue weighted by atomic mass is 10.1. The molecule has 21 heavy (non-hydrogen) atoms. The molecule has 2 nitrogen and oxygen atoms in total. The van der Waals surface area contributed by atoms with E-state index in [1.807, 2.05) is 6.07 Å². The summed E-state index contributed by atoms with van der Waals surface area (Å²) in [5.41, 5.74) is 6.17. The fraction of sp³-hybridized carbons (Fsp3) is 0.0526. The third kappa shape index (κ3) is 1.96. The molecule has 0 bridgehead atoms. The van der Waals surface area contributed by atoms with E-state index in [1.54, 1.807) is 0 Å². The second kappa shape index (κ2) is 4.67. The SMILES string of the molecule is Cc1ccc(-c2ccn3ccn(-c4ccccc4)c23)cc1. The van der Waals surface area contributed by atoms with Crippen LogP contribution in [0.25, 0.3) is 22.5 Å². The standard InChI is InChI=1S/C19H16N2/c1-15-7-9-16(10-8-15)18-11-12-20-13-14-21(19(18)20)17-5-3-2-4-6-17/h2-14H,1H3. The molecule has 2 heterocycles. The van der Waals surface area contributed by atoms with Crippen molar-refractivity contribution in [1.29, 1.82) is 0 Å². The fourth-order valence-electron chi connectivity index (χ4n) is 2.78. The molecule has 0 spiro atoms. The number of aromatic nitrogens is 2. The Hall–Kier alpha value is -2.74. The first-order valence-corrected chi connectivity index (χ1v) is 7.13. The summed E-state index contributed by atoms with van der Waals surface area (Å²) in [6.07, 6.45) is 6.33. The minimum Gasteiger partial charge on any atom is -0.308 e. The first-order chi connectivity index (χ1) is 10.3. The van der Waals surface area contributed by atoms with E-state index >= 15 is 0 Å². The second-order valence-corrected chi connectivity index (χ2v) is 5.33. The summed E-state index contributed by atoms with van der Waals surface area (Å²) < 4.78 is 4.40. The van der Waals surface area contributed by atoms with Gasteiger partial charge >= 0.3 is 0 Å². The number of nitrogens with zero attached hydrogens (tertiary/aromatic N) is 2. The lowest BCUT2D eigenvalue weighted by Gasteiger charge is -2.06. The van der Waals surface area contributed by atoms with Gasteiger partial charge in [0.25, 0.3) is 0 Å². The van der Waals surface area contributed by atoms with Crippen molar-refractivity contribution in [2.24, 2.45) is 0 Å². The maximum absolute atomic E-state index is 2.23. The highest BCUT2D eigenvalue weighted by Crippen LogP contribution is 2.28. The maximum Gasteiger partial charge on any atom is 0.129 e. The largest absolute Gasteiger partial charge is 0.308 e. The monoisotopic (exact) mass is 272 g/mol. The van der Waals surface area contributed by atoms with Crippen molar-refractivity contribution in [3.8, 4) is 16.8 Å².